The van der Waals surface area contributed by atoms with Crippen molar-refractivity contribution in [3.05, 3.63) is 28.0 Å². The van der Waals surface area contributed by atoms with Crippen molar-refractivity contribution in [2.75, 3.05) is 0 Å². The zero-order valence-corrected chi connectivity index (χ0v) is 13.2. The third-order valence-electron chi connectivity index (χ3n) is 4.28. The fourth-order valence-corrected chi connectivity index (χ4v) is 3.77. The van der Waals surface area contributed by atoms with Gasteiger partial charge in [-0.25, -0.2) is 4.98 Å². The van der Waals surface area contributed by atoms with Crippen molar-refractivity contribution in [3.63, 3.8) is 0 Å². The fourth-order valence-electron chi connectivity index (χ4n) is 3.19. The van der Waals surface area contributed by atoms with Gasteiger partial charge in [-0.2, -0.15) is 13.2 Å². The van der Waals surface area contributed by atoms with E-state index >= 15 is 0 Å². The Bertz CT molecular complexity index is 663. The molecule has 6 heteroatoms. The largest absolute Gasteiger partial charge is 0.391 e. The van der Waals surface area contributed by atoms with Crippen molar-refractivity contribution in [1.82, 2.24) is 9.97 Å². The Hall–Kier alpha value is -1.04. The van der Waals surface area contributed by atoms with Crippen LogP contribution < -0.4 is 0 Å². The predicted octanol–water partition coefficient (Wildman–Crippen LogP) is 5.47. The van der Waals surface area contributed by atoms with E-state index in [0.29, 0.717) is 12.2 Å². The summed E-state index contributed by atoms with van der Waals surface area (Å²) in [6, 6.07) is 3.88. The number of benzene rings is 1. The topological polar surface area (TPSA) is 28.7 Å². The summed E-state index contributed by atoms with van der Waals surface area (Å²) in [6.07, 6.45) is -2.33. The van der Waals surface area contributed by atoms with Gasteiger partial charge in [-0.15, -0.1) is 0 Å². The van der Waals surface area contributed by atoms with Gasteiger partial charge in [0.25, 0.3) is 0 Å². The second-order valence-corrected chi connectivity index (χ2v) is 6.76. The maximum absolute atomic E-state index is 12.9. The van der Waals surface area contributed by atoms with Crippen LogP contribution in [0.25, 0.3) is 11.0 Å². The number of nitrogens with zero attached hydrogens (tertiary/aromatic N) is 1. The number of alkyl halides is 3. The van der Waals surface area contributed by atoms with Crippen molar-refractivity contribution in [1.29, 1.82) is 0 Å². The molecular formula is C15H16BrF3N2. The number of hydrogen-bond donors (Lipinski definition) is 1. The number of hydrogen-bond acceptors (Lipinski definition) is 1. The zero-order valence-electron chi connectivity index (χ0n) is 11.6. The van der Waals surface area contributed by atoms with E-state index in [1.54, 1.807) is 0 Å². The highest BCUT2D eigenvalue weighted by Crippen LogP contribution is 2.43. The van der Waals surface area contributed by atoms with E-state index in [0.717, 1.165) is 27.5 Å². The van der Waals surface area contributed by atoms with Crippen LogP contribution in [0.5, 0.6) is 0 Å². The molecule has 2 aromatic rings. The lowest BCUT2D eigenvalue weighted by Crippen LogP contribution is -2.28. The van der Waals surface area contributed by atoms with Crippen LogP contribution in [0.4, 0.5) is 13.2 Å². The number of rotatable bonds is 1. The summed E-state index contributed by atoms with van der Waals surface area (Å²) in [5.41, 5.74) is 2.75. The molecule has 2 atom stereocenters. The van der Waals surface area contributed by atoms with Gasteiger partial charge in [-0.3, -0.25) is 0 Å². The van der Waals surface area contributed by atoms with Crippen molar-refractivity contribution in [2.24, 2.45) is 5.92 Å². The molecule has 1 N–H and O–H groups in total. The smallest absolute Gasteiger partial charge is 0.342 e. The van der Waals surface area contributed by atoms with E-state index in [-0.39, 0.29) is 18.8 Å². The maximum Gasteiger partial charge on any atom is 0.391 e. The Kier molecular flexibility index (Phi) is 3.76. The van der Waals surface area contributed by atoms with Crippen molar-refractivity contribution < 1.29 is 13.2 Å². The molecule has 0 spiro atoms. The molecule has 2 nitrogen and oxygen atoms in total. The average Bonchev–Trinajstić information content (AvgIpc) is 2.82. The Labute approximate surface area is 129 Å². The van der Waals surface area contributed by atoms with Crippen LogP contribution in [0.1, 0.15) is 43.0 Å². The van der Waals surface area contributed by atoms with Gasteiger partial charge < -0.3 is 4.98 Å². The van der Waals surface area contributed by atoms with Gasteiger partial charge in [0.05, 0.1) is 17.0 Å². The third-order valence-corrected chi connectivity index (χ3v) is 4.74. The molecule has 0 bridgehead atoms. The molecule has 1 heterocycles. The van der Waals surface area contributed by atoms with E-state index < -0.39 is 12.1 Å². The summed E-state index contributed by atoms with van der Waals surface area (Å²) in [6.45, 7) is 1.96. The molecule has 1 saturated carbocycles. The molecule has 0 amide bonds. The van der Waals surface area contributed by atoms with Crippen LogP contribution in [0.3, 0.4) is 0 Å². The highest BCUT2D eigenvalue weighted by Gasteiger charge is 2.42. The Morgan fingerprint density at radius 3 is 2.76 bits per heavy atom. The summed E-state index contributed by atoms with van der Waals surface area (Å²) in [4.78, 5) is 7.76. The van der Waals surface area contributed by atoms with Gasteiger partial charge in [-0.05, 0) is 43.9 Å². The molecular weight excluding hydrogens is 345 g/mol. The van der Waals surface area contributed by atoms with Gasteiger partial charge >= 0.3 is 6.18 Å². The molecule has 2 unspecified atom stereocenters. The molecule has 0 aliphatic heterocycles. The summed E-state index contributed by atoms with van der Waals surface area (Å²) in [5, 5.41) is 0. The van der Waals surface area contributed by atoms with Crippen molar-refractivity contribution >= 4 is 27.0 Å². The number of imidazole rings is 1. The van der Waals surface area contributed by atoms with Gasteiger partial charge in [-0.1, -0.05) is 22.4 Å². The lowest BCUT2D eigenvalue weighted by molar-refractivity contribution is -0.183. The van der Waals surface area contributed by atoms with Gasteiger partial charge in [0, 0.05) is 10.4 Å². The van der Waals surface area contributed by atoms with Crippen molar-refractivity contribution in [3.8, 4) is 0 Å². The number of aromatic nitrogens is 2. The van der Waals surface area contributed by atoms with Gasteiger partial charge in [0.2, 0.25) is 0 Å². The minimum Gasteiger partial charge on any atom is -0.342 e. The molecule has 1 aliphatic rings. The normalized spacial score (nSPS) is 23.7. The molecule has 21 heavy (non-hydrogen) atoms. The molecule has 1 aliphatic carbocycles. The molecule has 3 rings (SSSR count). The summed E-state index contributed by atoms with van der Waals surface area (Å²) in [7, 11) is 0. The zero-order chi connectivity index (χ0) is 15.2. The third kappa shape index (κ3) is 2.96. The van der Waals surface area contributed by atoms with Crippen LogP contribution in [0.15, 0.2) is 16.6 Å². The second-order valence-electron chi connectivity index (χ2n) is 5.84. The van der Waals surface area contributed by atoms with E-state index in [1.165, 1.54) is 0 Å². The minimum atomic E-state index is -4.09. The first-order valence-electron chi connectivity index (χ1n) is 7.07. The molecule has 0 radical (unpaired) electrons. The Morgan fingerprint density at radius 1 is 1.29 bits per heavy atom. The van der Waals surface area contributed by atoms with Crippen LogP contribution in [0.2, 0.25) is 0 Å². The second kappa shape index (κ2) is 5.30. The van der Waals surface area contributed by atoms with Gasteiger partial charge in [0.1, 0.15) is 5.82 Å². The molecule has 1 aromatic heterocycles. The standard InChI is InChI=1S/C15H16BrF3N2/c1-8-5-11(16)7-12-13(8)21-14(20-12)9-3-2-4-10(6-9)15(17,18)19/h5,7,9-10H,2-4,6H2,1H3,(H,20,21). The first-order chi connectivity index (χ1) is 9.84. The average molecular weight is 361 g/mol. The molecule has 114 valence electrons. The summed E-state index contributed by atoms with van der Waals surface area (Å²) in [5.74, 6) is -0.631. The van der Waals surface area contributed by atoms with Crippen LogP contribution in [-0.2, 0) is 0 Å². The number of halogens is 4. The number of nitrogens with one attached hydrogen (secondary N) is 1. The first-order valence-corrected chi connectivity index (χ1v) is 7.86. The maximum atomic E-state index is 12.9. The van der Waals surface area contributed by atoms with E-state index in [1.807, 2.05) is 19.1 Å². The number of fused-ring (bicyclic) bond motifs is 1. The van der Waals surface area contributed by atoms with E-state index in [9.17, 15) is 13.2 Å². The predicted molar refractivity (Wildman–Crippen MR) is 79.3 cm³/mol. The van der Waals surface area contributed by atoms with Crippen LogP contribution >= 0.6 is 15.9 Å². The molecule has 1 aromatic carbocycles. The Morgan fingerprint density at radius 2 is 2.05 bits per heavy atom. The highest BCUT2D eigenvalue weighted by molar-refractivity contribution is 9.10. The number of aromatic amines is 1. The highest BCUT2D eigenvalue weighted by atomic mass is 79.9. The van der Waals surface area contributed by atoms with E-state index in [4.69, 9.17) is 0 Å². The SMILES string of the molecule is Cc1cc(Br)cc2[nH]c(C3CCCC(C(F)(F)F)C3)nc12. The lowest BCUT2D eigenvalue weighted by Gasteiger charge is -2.29. The van der Waals surface area contributed by atoms with Crippen molar-refractivity contribution in [2.45, 2.75) is 44.7 Å². The number of H-pyrrole nitrogens is 1. The monoisotopic (exact) mass is 360 g/mol. The summed E-state index contributed by atoms with van der Waals surface area (Å²) >= 11 is 3.43. The number of aryl methyl sites for hydroxylation is 1. The van der Waals surface area contributed by atoms with Gasteiger partial charge in [0.15, 0.2) is 0 Å². The quantitative estimate of drug-likeness (QED) is 0.717. The minimum absolute atomic E-state index is 0.129. The van der Waals surface area contributed by atoms with Crippen LogP contribution in [0, 0.1) is 12.8 Å². The Balaban J connectivity index is 1.91. The lowest BCUT2D eigenvalue weighted by atomic mass is 9.80. The van der Waals surface area contributed by atoms with Crippen LogP contribution in [-0.4, -0.2) is 16.1 Å². The molecule has 1 fully saturated rings. The first kappa shape index (κ1) is 14.9. The summed E-state index contributed by atoms with van der Waals surface area (Å²) < 4.78 is 39.7. The fraction of sp³-hybridized carbons (Fsp3) is 0.533. The van der Waals surface area contributed by atoms with E-state index in [2.05, 4.69) is 25.9 Å². The molecule has 0 saturated heterocycles.